The van der Waals surface area contributed by atoms with E-state index >= 15 is 0 Å². The average molecular weight is 583 g/mol. The first-order valence-corrected chi connectivity index (χ1v) is 15.0. The van der Waals surface area contributed by atoms with Gasteiger partial charge in [-0.05, 0) is 80.4 Å². The van der Waals surface area contributed by atoms with E-state index in [4.69, 9.17) is 8.92 Å². The first kappa shape index (κ1) is 28.6. The average Bonchev–Trinajstić information content (AvgIpc) is 3.27. The Bertz CT molecular complexity index is 1840. The lowest BCUT2D eigenvalue weighted by atomic mass is 10.1. The maximum atomic E-state index is 13.9. The van der Waals surface area contributed by atoms with Crippen molar-refractivity contribution >= 4 is 16.1 Å². The zero-order chi connectivity index (χ0) is 29.7. The van der Waals surface area contributed by atoms with Crippen molar-refractivity contribution in [3.05, 3.63) is 136 Å². The molecule has 0 aliphatic rings. The molecule has 0 atom stereocenters. The molecular formula is C33H30N2O6S. The molecule has 9 heteroatoms. The fourth-order valence-electron chi connectivity index (χ4n) is 4.47. The number of para-hydroxylation sites is 1. The Morgan fingerprint density at radius 1 is 0.762 bits per heavy atom. The summed E-state index contributed by atoms with van der Waals surface area (Å²) in [5.41, 5.74) is 2.13. The highest BCUT2D eigenvalue weighted by Gasteiger charge is 2.28. The molecule has 1 heterocycles. The molecule has 0 bridgehead atoms. The fraction of sp³-hybridized carbons (Fsp3) is 0.152. The van der Waals surface area contributed by atoms with E-state index in [-0.39, 0.29) is 27.6 Å². The second-order valence-electron chi connectivity index (χ2n) is 9.75. The maximum absolute atomic E-state index is 13.9. The number of benzene rings is 4. The van der Waals surface area contributed by atoms with Gasteiger partial charge in [-0.15, -0.1) is 0 Å². The number of unbranched alkanes of at least 4 members (excludes halogenated alkanes) is 1. The topological polar surface area (TPSA) is 96.6 Å². The van der Waals surface area contributed by atoms with Crippen molar-refractivity contribution in [1.29, 1.82) is 0 Å². The number of esters is 1. The molecule has 42 heavy (non-hydrogen) atoms. The van der Waals surface area contributed by atoms with E-state index in [1.165, 1.54) is 21.5 Å². The summed E-state index contributed by atoms with van der Waals surface area (Å²) in [5.74, 6) is -0.318. The Labute approximate surface area is 244 Å². The van der Waals surface area contributed by atoms with Crippen LogP contribution in [0.1, 0.15) is 41.3 Å². The fourth-order valence-corrected chi connectivity index (χ4v) is 5.41. The number of aryl methyl sites for hydroxylation is 1. The molecule has 5 aromatic rings. The number of hydrogen-bond acceptors (Lipinski definition) is 6. The van der Waals surface area contributed by atoms with Crippen molar-refractivity contribution < 1.29 is 22.1 Å². The SMILES string of the molecule is CCCCc1c(OS(=O)(=O)c2ccc(C)cc2)n(-c2ccc(OC(=O)c3ccccc3)cc2)n(-c2ccccc2)c1=O. The number of carbonyl (C=O) groups is 1. The molecule has 0 spiro atoms. The van der Waals surface area contributed by atoms with Crippen LogP contribution in [0, 0.1) is 6.92 Å². The van der Waals surface area contributed by atoms with Crippen LogP contribution in [0.5, 0.6) is 11.6 Å². The minimum atomic E-state index is -4.29. The maximum Gasteiger partial charge on any atom is 0.343 e. The monoisotopic (exact) mass is 582 g/mol. The number of hydrogen-bond donors (Lipinski definition) is 0. The number of nitrogens with zero attached hydrogens (tertiary/aromatic N) is 2. The molecule has 0 amide bonds. The van der Waals surface area contributed by atoms with Crippen LogP contribution in [0.15, 0.2) is 119 Å². The Kier molecular flexibility index (Phi) is 8.40. The summed E-state index contributed by atoms with van der Waals surface area (Å²) in [5, 5.41) is 0. The summed E-state index contributed by atoms with van der Waals surface area (Å²) < 4.78 is 41.2. The smallest absolute Gasteiger partial charge is 0.343 e. The van der Waals surface area contributed by atoms with E-state index < -0.39 is 16.1 Å². The predicted molar refractivity (Wildman–Crippen MR) is 160 cm³/mol. The normalized spacial score (nSPS) is 11.3. The third-order valence-electron chi connectivity index (χ3n) is 6.68. The van der Waals surface area contributed by atoms with Gasteiger partial charge in [-0.1, -0.05) is 67.4 Å². The molecule has 5 rings (SSSR count). The van der Waals surface area contributed by atoms with Gasteiger partial charge in [-0.25, -0.2) is 14.2 Å². The number of rotatable bonds is 10. The quantitative estimate of drug-likeness (QED) is 0.109. The van der Waals surface area contributed by atoms with E-state index in [1.807, 2.05) is 26.0 Å². The van der Waals surface area contributed by atoms with Gasteiger partial charge in [0.1, 0.15) is 10.6 Å². The lowest BCUT2D eigenvalue weighted by Gasteiger charge is -2.16. The second kappa shape index (κ2) is 12.3. The molecule has 0 N–H and O–H groups in total. The molecule has 0 unspecified atom stereocenters. The highest BCUT2D eigenvalue weighted by atomic mass is 32.2. The lowest BCUT2D eigenvalue weighted by molar-refractivity contribution is 0.0734. The molecule has 8 nitrogen and oxygen atoms in total. The van der Waals surface area contributed by atoms with Gasteiger partial charge < -0.3 is 8.92 Å². The van der Waals surface area contributed by atoms with Gasteiger partial charge in [0.05, 0.1) is 22.5 Å². The largest absolute Gasteiger partial charge is 0.423 e. The molecule has 0 aliphatic heterocycles. The molecule has 0 radical (unpaired) electrons. The molecule has 0 aliphatic carbocycles. The van der Waals surface area contributed by atoms with Crippen LogP contribution in [0.2, 0.25) is 0 Å². The zero-order valence-electron chi connectivity index (χ0n) is 23.3. The minimum Gasteiger partial charge on any atom is -0.423 e. The van der Waals surface area contributed by atoms with E-state index in [9.17, 15) is 18.0 Å². The van der Waals surface area contributed by atoms with Crippen LogP contribution < -0.4 is 14.5 Å². The van der Waals surface area contributed by atoms with Crippen molar-refractivity contribution in [3.63, 3.8) is 0 Å². The van der Waals surface area contributed by atoms with Crippen molar-refractivity contribution in [2.24, 2.45) is 0 Å². The second-order valence-corrected chi connectivity index (χ2v) is 11.3. The van der Waals surface area contributed by atoms with Crippen LogP contribution in [0.4, 0.5) is 0 Å². The Morgan fingerprint density at radius 2 is 1.36 bits per heavy atom. The molecule has 4 aromatic carbocycles. The van der Waals surface area contributed by atoms with E-state index in [2.05, 4.69) is 0 Å². The van der Waals surface area contributed by atoms with Gasteiger partial charge in [-0.2, -0.15) is 8.42 Å². The molecule has 214 valence electrons. The Hall–Kier alpha value is -4.89. The summed E-state index contributed by atoms with van der Waals surface area (Å²) in [6.07, 6.45) is 1.77. The van der Waals surface area contributed by atoms with Crippen molar-refractivity contribution in [3.8, 4) is 23.0 Å². The molecule has 0 saturated carbocycles. The number of ether oxygens (including phenoxy) is 1. The van der Waals surface area contributed by atoms with Gasteiger partial charge in [0.15, 0.2) is 0 Å². The zero-order valence-corrected chi connectivity index (χ0v) is 24.1. The summed E-state index contributed by atoms with van der Waals surface area (Å²) >= 11 is 0. The lowest BCUT2D eigenvalue weighted by Crippen LogP contribution is -2.22. The highest BCUT2D eigenvalue weighted by Crippen LogP contribution is 2.30. The Morgan fingerprint density at radius 3 is 1.98 bits per heavy atom. The molecular weight excluding hydrogens is 552 g/mol. The van der Waals surface area contributed by atoms with Crippen LogP contribution in [-0.4, -0.2) is 23.8 Å². The van der Waals surface area contributed by atoms with Gasteiger partial charge >= 0.3 is 16.1 Å². The molecule has 0 fully saturated rings. The van der Waals surface area contributed by atoms with E-state index in [1.54, 1.807) is 84.9 Å². The molecule has 1 aromatic heterocycles. The van der Waals surface area contributed by atoms with Crippen molar-refractivity contribution in [2.45, 2.75) is 38.0 Å². The summed E-state index contributed by atoms with van der Waals surface area (Å²) in [4.78, 5) is 26.5. The third kappa shape index (κ3) is 6.06. The third-order valence-corrected chi connectivity index (χ3v) is 7.91. The summed E-state index contributed by atoms with van der Waals surface area (Å²) in [6.45, 7) is 3.85. The van der Waals surface area contributed by atoms with Crippen LogP contribution in [0.25, 0.3) is 11.4 Å². The first-order valence-electron chi connectivity index (χ1n) is 13.6. The van der Waals surface area contributed by atoms with Crippen LogP contribution in [0.3, 0.4) is 0 Å². The Balaban J connectivity index is 1.63. The van der Waals surface area contributed by atoms with Crippen molar-refractivity contribution in [2.75, 3.05) is 0 Å². The van der Waals surface area contributed by atoms with Gasteiger partial charge in [-0.3, -0.25) is 4.79 Å². The van der Waals surface area contributed by atoms with Crippen LogP contribution in [-0.2, 0) is 16.5 Å². The number of carbonyl (C=O) groups excluding carboxylic acids is 1. The van der Waals surface area contributed by atoms with Crippen LogP contribution >= 0.6 is 0 Å². The van der Waals surface area contributed by atoms with Gasteiger partial charge in [0.25, 0.3) is 5.56 Å². The highest BCUT2D eigenvalue weighted by molar-refractivity contribution is 7.87. The summed E-state index contributed by atoms with van der Waals surface area (Å²) in [7, 11) is -4.29. The van der Waals surface area contributed by atoms with E-state index in [0.29, 0.717) is 29.8 Å². The minimum absolute atomic E-state index is 0.0239. The predicted octanol–water partition coefficient (Wildman–Crippen LogP) is 6.27. The summed E-state index contributed by atoms with van der Waals surface area (Å²) in [6, 6.07) is 30.3. The number of aromatic nitrogens is 2. The van der Waals surface area contributed by atoms with E-state index in [0.717, 1.165) is 12.0 Å². The van der Waals surface area contributed by atoms with Gasteiger partial charge in [0, 0.05) is 0 Å². The van der Waals surface area contributed by atoms with Crippen molar-refractivity contribution in [1.82, 2.24) is 9.36 Å². The first-order chi connectivity index (χ1) is 20.3. The van der Waals surface area contributed by atoms with Gasteiger partial charge in [0.2, 0.25) is 5.88 Å². The standard InChI is InChI=1S/C33H30N2O6S/c1-3-4-15-30-31(36)34(26-13-9-6-10-14-26)35(32(30)41-42(38,39)29-22-16-24(2)17-23-29)27-18-20-28(21-19-27)40-33(37)25-11-7-5-8-12-25/h5-14,16-23H,3-4,15H2,1-2H3. The molecule has 0 saturated heterocycles.